The molecule has 4 aliphatic carbocycles. The molecular formula is C22H26ClN3O2. The Hall–Kier alpha value is -2.01. The van der Waals surface area contributed by atoms with E-state index < -0.39 is 0 Å². The Bertz CT molecular complexity index is 843. The van der Waals surface area contributed by atoms with Gasteiger partial charge in [-0.25, -0.2) is 4.68 Å². The molecule has 1 N–H and O–H groups in total. The lowest BCUT2D eigenvalue weighted by molar-refractivity contribution is -0.0503. The van der Waals surface area contributed by atoms with Crippen molar-refractivity contribution in [2.24, 2.45) is 23.2 Å². The molecule has 28 heavy (non-hydrogen) atoms. The Balaban J connectivity index is 1.16. The zero-order valence-corrected chi connectivity index (χ0v) is 16.7. The van der Waals surface area contributed by atoms with E-state index in [1.54, 1.807) is 29.1 Å². The first-order valence-corrected chi connectivity index (χ1v) is 10.6. The summed E-state index contributed by atoms with van der Waals surface area (Å²) in [6.45, 7) is 1.03. The highest BCUT2D eigenvalue weighted by atomic mass is 35.5. The van der Waals surface area contributed by atoms with Crippen molar-refractivity contribution in [2.75, 3.05) is 6.54 Å². The number of amides is 1. The van der Waals surface area contributed by atoms with E-state index in [1.165, 1.54) is 38.5 Å². The van der Waals surface area contributed by atoms with Crippen LogP contribution in [0.4, 0.5) is 0 Å². The van der Waals surface area contributed by atoms with Gasteiger partial charge < -0.3 is 10.1 Å². The third-order valence-electron chi connectivity index (χ3n) is 6.82. The van der Waals surface area contributed by atoms with Gasteiger partial charge in [-0.15, -0.1) is 0 Å². The minimum atomic E-state index is -0.0859. The molecule has 0 radical (unpaired) electrons. The molecule has 0 aliphatic heterocycles. The van der Waals surface area contributed by atoms with E-state index >= 15 is 0 Å². The third kappa shape index (κ3) is 3.64. The Labute approximate surface area is 170 Å². The predicted octanol–water partition coefficient (Wildman–Crippen LogP) is 4.52. The van der Waals surface area contributed by atoms with E-state index in [-0.39, 0.29) is 12.6 Å². The third-order valence-corrected chi connectivity index (χ3v) is 7.06. The highest BCUT2D eigenvalue weighted by molar-refractivity contribution is 6.30. The SMILES string of the molecule is O=C(NCC12CC3CC(CC(C3)C1)C2)c1ccn(COc2cccc(Cl)c2)n1. The lowest BCUT2D eigenvalue weighted by Crippen LogP contribution is -2.51. The van der Waals surface area contributed by atoms with Crippen LogP contribution in [0.1, 0.15) is 49.0 Å². The first kappa shape index (κ1) is 18.0. The van der Waals surface area contributed by atoms with E-state index in [1.807, 2.05) is 12.1 Å². The van der Waals surface area contributed by atoms with E-state index in [2.05, 4.69) is 10.4 Å². The van der Waals surface area contributed by atoms with Gasteiger partial charge in [-0.2, -0.15) is 5.10 Å². The molecule has 2 aromatic rings. The number of rotatable bonds is 6. The number of hydrogen-bond acceptors (Lipinski definition) is 3. The number of nitrogens with one attached hydrogen (secondary N) is 1. The highest BCUT2D eigenvalue weighted by Crippen LogP contribution is 2.59. The zero-order valence-electron chi connectivity index (χ0n) is 15.9. The molecule has 6 rings (SSSR count). The number of halogens is 1. The molecule has 4 aliphatic rings. The number of carbonyl (C=O) groups is 1. The zero-order chi connectivity index (χ0) is 19.1. The van der Waals surface area contributed by atoms with Gasteiger partial charge in [-0.05, 0) is 86.0 Å². The molecule has 1 heterocycles. The summed E-state index contributed by atoms with van der Waals surface area (Å²) in [5.74, 6) is 3.27. The number of benzene rings is 1. The first-order chi connectivity index (χ1) is 13.6. The van der Waals surface area contributed by atoms with Crippen LogP contribution >= 0.6 is 11.6 Å². The van der Waals surface area contributed by atoms with E-state index in [0.29, 0.717) is 21.9 Å². The molecule has 4 bridgehead atoms. The molecule has 148 valence electrons. The normalized spacial score (nSPS) is 30.4. The summed E-state index contributed by atoms with van der Waals surface area (Å²) in [6.07, 6.45) is 9.91. The van der Waals surface area contributed by atoms with Crippen LogP contribution in [-0.2, 0) is 6.73 Å². The summed E-state index contributed by atoms with van der Waals surface area (Å²) in [4.78, 5) is 12.6. The van der Waals surface area contributed by atoms with Gasteiger partial charge in [-0.3, -0.25) is 4.79 Å². The second-order valence-corrected chi connectivity index (χ2v) is 9.51. The predicted molar refractivity (Wildman–Crippen MR) is 107 cm³/mol. The number of nitrogens with zero attached hydrogens (tertiary/aromatic N) is 2. The average Bonchev–Trinajstić information content (AvgIpc) is 3.13. The fraction of sp³-hybridized carbons (Fsp3) is 0.545. The van der Waals surface area contributed by atoms with Crippen LogP contribution in [0.5, 0.6) is 5.75 Å². The minimum Gasteiger partial charge on any atom is -0.471 e. The molecule has 0 saturated heterocycles. The van der Waals surface area contributed by atoms with Gasteiger partial charge in [0.05, 0.1) is 0 Å². The van der Waals surface area contributed by atoms with Crippen molar-refractivity contribution in [1.29, 1.82) is 0 Å². The van der Waals surface area contributed by atoms with Gasteiger partial charge in [0.2, 0.25) is 0 Å². The van der Waals surface area contributed by atoms with Gasteiger partial charge in [0.25, 0.3) is 5.91 Å². The Morgan fingerprint density at radius 3 is 2.57 bits per heavy atom. The van der Waals surface area contributed by atoms with Gasteiger partial charge in [-0.1, -0.05) is 17.7 Å². The standard InChI is InChI=1S/C22H26ClN3O2/c23-18-2-1-3-19(9-18)28-14-26-5-4-20(25-26)21(27)24-13-22-10-15-6-16(11-22)8-17(7-15)12-22/h1-5,9,15-17H,6-8,10-14H2,(H,24,27). The van der Waals surface area contributed by atoms with E-state index in [9.17, 15) is 4.79 Å². The van der Waals surface area contributed by atoms with Crippen LogP contribution in [-0.4, -0.2) is 22.2 Å². The number of hydrogen-bond donors (Lipinski definition) is 1. The first-order valence-electron chi connectivity index (χ1n) is 10.3. The van der Waals surface area contributed by atoms with Crippen molar-refractivity contribution in [3.8, 4) is 5.75 Å². The van der Waals surface area contributed by atoms with Crippen molar-refractivity contribution in [3.63, 3.8) is 0 Å². The summed E-state index contributed by atoms with van der Waals surface area (Å²) in [6, 6.07) is 8.98. The smallest absolute Gasteiger partial charge is 0.271 e. The van der Waals surface area contributed by atoms with Crippen LogP contribution < -0.4 is 10.1 Å². The van der Waals surface area contributed by atoms with Crippen LogP contribution in [0.25, 0.3) is 0 Å². The Morgan fingerprint density at radius 1 is 1.18 bits per heavy atom. The number of aromatic nitrogens is 2. The molecule has 6 heteroatoms. The second kappa shape index (κ2) is 7.11. The molecule has 0 spiro atoms. The second-order valence-electron chi connectivity index (χ2n) is 9.07. The monoisotopic (exact) mass is 399 g/mol. The fourth-order valence-electron chi connectivity index (χ4n) is 6.12. The summed E-state index contributed by atoms with van der Waals surface area (Å²) >= 11 is 5.96. The topological polar surface area (TPSA) is 56.2 Å². The molecule has 1 aromatic heterocycles. The van der Waals surface area contributed by atoms with Crippen LogP contribution in [0.15, 0.2) is 36.5 Å². The molecule has 0 unspecified atom stereocenters. The quantitative estimate of drug-likeness (QED) is 0.776. The van der Waals surface area contributed by atoms with Gasteiger partial charge in [0, 0.05) is 17.8 Å². The molecule has 4 fully saturated rings. The van der Waals surface area contributed by atoms with Gasteiger partial charge in [0.1, 0.15) is 11.4 Å². The Morgan fingerprint density at radius 2 is 1.89 bits per heavy atom. The highest BCUT2D eigenvalue weighted by Gasteiger charge is 2.50. The molecule has 1 amide bonds. The maximum absolute atomic E-state index is 12.6. The summed E-state index contributed by atoms with van der Waals surface area (Å²) in [7, 11) is 0. The molecular weight excluding hydrogens is 374 g/mol. The van der Waals surface area contributed by atoms with Crippen LogP contribution in [0.3, 0.4) is 0 Å². The minimum absolute atomic E-state index is 0.0859. The van der Waals surface area contributed by atoms with Crippen molar-refractivity contribution in [1.82, 2.24) is 15.1 Å². The van der Waals surface area contributed by atoms with E-state index in [4.69, 9.17) is 16.3 Å². The summed E-state index contributed by atoms with van der Waals surface area (Å²) in [5, 5.41) is 8.16. The molecule has 0 atom stereocenters. The average molecular weight is 400 g/mol. The fourth-order valence-corrected chi connectivity index (χ4v) is 6.30. The van der Waals surface area contributed by atoms with Crippen LogP contribution in [0, 0.1) is 23.2 Å². The van der Waals surface area contributed by atoms with Crippen LogP contribution in [0.2, 0.25) is 5.02 Å². The lowest BCUT2D eigenvalue weighted by Gasteiger charge is -2.56. The molecule has 1 aromatic carbocycles. The van der Waals surface area contributed by atoms with E-state index in [0.717, 1.165) is 24.3 Å². The molecule has 5 nitrogen and oxygen atoms in total. The lowest BCUT2D eigenvalue weighted by atomic mass is 9.49. The number of ether oxygens (including phenoxy) is 1. The van der Waals surface area contributed by atoms with Gasteiger partial charge in [0.15, 0.2) is 6.73 Å². The maximum atomic E-state index is 12.6. The maximum Gasteiger partial charge on any atom is 0.271 e. The van der Waals surface area contributed by atoms with Crippen molar-refractivity contribution >= 4 is 17.5 Å². The summed E-state index contributed by atoms with van der Waals surface area (Å²) < 4.78 is 7.30. The van der Waals surface area contributed by atoms with Gasteiger partial charge >= 0.3 is 0 Å². The summed E-state index contributed by atoms with van der Waals surface area (Å²) in [5.41, 5.74) is 0.780. The Kier molecular flexibility index (Phi) is 4.58. The largest absolute Gasteiger partial charge is 0.471 e. The number of carbonyl (C=O) groups excluding carboxylic acids is 1. The van der Waals surface area contributed by atoms with Crippen molar-refractivity contribution in [2.45, 2.75) is 45.3 Å². The van der Waals surface area contributed by atoms with Crippen molar-refractivity contribution < 1.29 is 9.53 Å². The molecule has 4 saturated carbocycles. The van der Waals surface area contributed by atoms with Crippen molar-refractivity contribution in [3.05, 3.63) is 47.2 Å².